The number of carbonyl (C=O) groups is 2. The fraction of sp³-hybridized carbons (Fsp3) is 0.105. The van der Waals surface area contributed by atoms with Gasteiger partial charge in [0.2, 0.25) is 6.41 Å². The molecule has 0 N–H and O–H groups in total. The molecule has 0 saturated carbocycles. The number of fused-ring (bicyclic) bond motifs is 1. The molecule has 0 aliphatic rings. The average Bonchev–Trinajstić information content (AvgIpc) is 2.63. The van der Waals surface area contributed by atoms with Gasteiger partial charge in [-0.3, -0.25) is 14.5 Å². The van der Waals surface area contributed by atoms with E-state index in [2.05, 4.69) is 4.98 Å². The molecular formula is C19H14Cl2N2O2. The standard InChI is InChI=1S/C19H14Cl2N2O2/c1-12(23(11-24)19(25)13-6-3-2-4-7-13)15-10-14-8-5-9-16(20)17(14)22-18(15)21/h2-12H,1H3/t12-/m0/s1. The van der Waals surface area contributed by atoms with Crippen LogP contribution >= 0.6 is 23.2 Å². The zero-order valence-corrected chi connectivity index (χ0v) is 14.8. The van der Waals surface area contributed by atoms with Crippen molar-refractivity contribution in [3.8, 4) is 0 Å². The van der Waals surface area contributed by atoms with Gasteiger partial charge in [-0.25, -0.2) is 4.98 Å². The van der Waals surface area contributed by atoms with Crippen LogP contribution in [-0.2, 0) is 4.79 Å². The molecule has 0 radical (unpaired) electrons. The number of hydrogen-bond acceptors (Lipinski definition) is 3. The molecule has 1 atom stereocenters. The SMILES string of the molecule is C[C@@H](c1cc2cccc(Cl)c2nc1Cl)N(C=O)C(=O)c1ccccc1. The maximum absolute atomic E-state index is 12.6. The molecule has 1 heterocycles. The number of hydrogen-bond donors (Lipinski definition) is 0. The molecular weight excluding hydrogens is 359 g/mol. The van der Waals surface area contributed by atoms with E-state index in [9.17, 15) is 9.59 Å². The minimum absolute atomic E-state index is 0.209. The van der Waals surface area contributed by atoms with Gasteiger partial charge in [-0.15, -0.1) is 0 Å². The summed E-state index contributed by atoms with van der Waals surface area (Å²) in [5.41, 5.74) is 1.58. The molecule has 2 amide bonds. The summed E-state index contributed by atoms with van der Waals surface area (Å²) in [6.45, 7) is 1.73. The molecule has 2 aromatic carbocycles. The van der Waals surface area contributed by atoms with Crippen molar-refractivity contribution in [2.75, 3.05) is 0 Å². The maximum atomic E-state index is 12.6. The van der Waals surface area contributed by atoms with Gasteiger partial charge in [-0.2, -0.15) is 0 Å². The van der Waals surface area contributed by atoms with E-state index in [-0.39, 0.29) is 5.15 Å². The van der Waals surface area contributed by atoms with Gasteiger partial charge in [-0.1, -0.05) is 53.5 Å². The molecule has 25 heavy (non-hydrogen) atoms. The van der Waals surface area contributed by atoms with Crippen LogP contribution in [0.3, 0.4) is 0 Å². The lowest BCUT2D eigenvalue weighted by Crippen LogP contribution is -2.32. The van der Waals surface area contributed by atoms with Crippen LogP contribution < -0.4 is 0 Å². The van der Waals surface area contributed by atoms with Crippen LogP contribution in [0.2, 0.25) is 10.2 Å². The van der Waals surface area contributed by atoms with Crippen molar-refractivity contribution in [1.29, 1.82) is 0 Å². The highest BCUT2D eigenvalue weighted by atomic mass is 35.5. The molecule has 0 aliphatic heterocycles. The highest BCUT2D eigenvalue weighted by molar-refractivity contribution is 6.36. The summed E-state index contributed by atoms with van der Waals surface area (Å²) in [5.74, 6) is -0.398. The average molecular weight is 373 g/mol. The third-order valence-electron chi connectivity index (χ3n) is 4.01. The minimum atomic E-state index is -0.575. The molecule has 6 heteroatoms. The minimum Gasteiger partial charge on any atom is -0.278 e. The monoisotopic (exact) mass is 372 g/mol. The van der Waals surface area contributed by atoms with Crippen LogP contribution in [-0.4, -0.2) is 22.2 Å². The van der Waals surface area contributed by atoms with Crippen molar-refractivity contribution in [3.05, 3.63) is 75.9 Å². The van der Waals surface area contributed by atoms with Crippen molar-refractivity contribution in [3.63, 3.8) is 0 Å². The second-order valence-electron chi connectivity index (χ2n) is 5.54. The Balaban J connectivity index is 2.02. The lowest BCUT2D eigenvalue weighted by atomic mass is 10.1. The van der Waals surface area contributed by atoms with Gasteiger partial charge in [0.15, 0.2) is 0 Å². The van der Waals surface area contributed by atoms with E-state index in [1.165, 1.54) is 0 Å². The fourth-order valence-electron chi connectivity index (χ4n) is 2.64. The Morgan fingerprint density at radius 1 is 1.12 bits per heavy atom. The molecule has 0 bridgehead atoms. The first-order chi connectivity index (χ1) is 12.0. The predicted molar refractivity (Wildman–Crippen MR) is 98.9 cm³/mol. The smallest absolute Gasteiger partial charge is 0.260 e. The van der Waals surface area contributed by atoms with E-state index < -0.39 is 11.9 Å². The summed E-state index contributed by atoms with van der Waals surface area (Å²) in [6.07, 6.45) is 0.512. The number of nitrogens with zero attached hydrogens (tertiary/aromatic N) is 2. The molecule has 0 unspecified atom stereocenters. The van der Waals surface area contributed by atoms with Crippen LogP contribution in [0.25, 0.3) is 10.9 Å². The Labute approximate surface area is 155 Å². The van der Waals surface area contributed by atoms with Gasteiger partial charge < -0.3 is 0 Å². The molecule has 0 spiro atoms. The van der Waals surface area contributed by atoms with E-state index in [4.69, 9.17) is 23.2 Å². The maximum Gasteiger partial charge on any atom is 0.260 e. The van der Waals surface area contributed by atoms with Crippen LogP contribution in [0.5, 0.6) is 0 Å². The number of aromatic nitrogens is 1. The second kappa shape index (κ2) is 7.21. The molecule has 0 fully saturated rings. The van der Waals surface area contributed by atoms with E-state index in [0.717, 1.165) is 10.3 Å². The van der Waals surface area contributed by atoms with Gasteiger partial charge in [0.25, 0.3) is 5.91 Å². The zero-order chi connectivity index (χ0) is 18.0. The lowest BCUT2D eigenvalue weighted by molar-refractivity contribution is -0.117. The van der Waals surface area contributed by atoms with Crippen molar-refractivity contribution >= 4 is 46.4 Å². The summed E-state index contributed by atoms with van der Waals surface area (Å²) in [6, 6.07) is 15.2. The second-order valence-corrected chi connectivity index (χ2v) is 6.31. The molecule has 0 aliphatic carbocycles. The Bertz CT molecular complexity index is 945. The highest BCUT2D eigenvalue weighted by Gasteiger charge is 2.25. The predicted octanol–water partition coefficient (Wildman–Crippen LogP) is 4.90. The van der Waals surface area contributed by atoms with Crippen molar-refractivity contribution < 1.29 is 9.59 Å². The molecule has 1 aromatic heterocycles. The number of halogens is 2. The first-order valence-corrected chi connectivity index (χ1v) is 8.36. The number of imide groups is 1. The lowest BCUT2D eigenvalue weighted by Gasteiger charge is -2.24. The first kappa shape index (κ1) is 17.4. The van der Waals surface area contributed by atoms with Gasteiger partial charge in [0.05, 0.1) is 16.6 Å². The molecule has 3 rings (SSSR count). The van der Waals surface area contributed by atoms with E-state index in [0.29, 0.717) is 28.1 Å². The third-order valence-corrected chi connectivity index (χ3v) is 4.62. The zero-order valence-electron chi connectivity index (χ0n) is 13.3. The number of carbonyl (C=O) groups excluding carboxylic acids is 2. The van der Waals surface area contributed by atoms with Crippen molar-refractivity contribution in [2.45, 2.75) is 13.0 Å². The summed E-state index contributed by atoms with van der Waals surface area (Å²) < 4.78 is 0. The first-order valence-electron chi connectivity index (χ1n) is 7.60. The van der Waals surface area contributed by atoms with Crippen molar-refractivity contribution in [1.82, 2.24) is 9.88 Å². The Morgan fingerprint density at radius 2 is 1.84 bits per heavy atom. The largest absolute Gasteiger partial charge is 0.278 e. The Morgan fingerprint density at radius 3 is 2.52 bits per heavy atom. The third kappa shape index (κ3) is 3.36. The van der Waals surface area contributed by atoms with Crippen molar-refractivity contribution in [2.24, 2.45) is 0 Å². The van der Waals surface area contributed by atoms with E-state index in [1.54, 1.807) is 55.5 Å². The van der Waals surface area contributed by atoms with Crippen LogP contribution in [0.15, 0.2) is 54.6 Å². The molecule has 4 nitrogen and oxygen atoms in total. The number of para-hydroxylation sites is 1. The number of amides is 2. The van der Waals surface area contributed by atoms with Crippen LogP contribution in [0.4, 0.5) is 0 Å². The van der Waals surface area contributed by atoms with Gasteiger partial charge in [0, 0.05) is 16.5 Å². The van der Waals surface area contributed by atoms with E-state index >= 15 is 0 Å². The quantitative estimate of drug-likeness (QED) is 0.483. The summed E-state index contributed by atoms with van der Waals surface area (Å²) in [4.78, 5) is 29.6. The van der Waals surface area contributed by atoms with Crippen LogP contribution in [0, 0.1) is 0 Å². The number of benzene rings is 2. The topological polar surface area (TPSA) is 50.3 Å². The van der Waals surface area contributed by atoms with Crippen LogP contribution in [0.1, 0.15) is 28.9 Å². The van der Waals surface area contributed by atoms with Gasteiger partial charge in [-0.05, 0) is 31.2 Å². The molecule has 0 saturated heterocycles. The highest BCUT2D eigenvalue weighted by Crippen LogP contribution is 2.31. The molecule has 3 aromatic rings. The van der Waals surface area contributed by atoms with Gasteiger partial charge >= 0.3 is 0 Å². The summed E-state index contributed by atoms with van der Waals surface area (Å²) in [5, 5.41) is 1.49. The summed E-state index contributed by atoms with van der Waals surface area (Å²) >= 11 is 12.4. The fourth-order valence-corrected chi connectivity index (χ4v) is 3.16. The Kier molecular flexibility index (Phi) is 5.02. The summed E-state index contributed by atoms with van der Waals surface area (Å²) in [7, 11) is 0. The number of pyridine rings is 1. The normalized spacial score (nSPS) is 12.0. The Hall–Kier alpha value is -2.43. The van der Waals surface area contributed by atoms with E-state index in [1.807, 2.05) is 6.07 Å². The van der Waals surface area contributed by atoms with Gasteiger partial charge in [0.1, 0.15) is 5.15 Å². The number of rotatable bonds is 4. The molecule has 126 valence electrons.